The first kappa shape index (κ1) is 21.0. The summed E-state index contributed by atoms with van der Waals surface area (Å²) >= 11 is 2.83. The van der Waals surface area contributed by atoms with Crippen molar-refractivity contribution in [3.05, 3.63) is 44.4 Å². The number of amides is 2. The Morgan fingerprint density at radius 3 is 2.45 bits per heavy atom. The highest BCUT2D eigenvalue weighted by atomic mass is 32.2. The summed E-state index contributed by atoms with van der Waals surface area (Å²) in [5, 5.41) is 10.4. The van der Waals surface area contributed by atoms with Crippen molar-refractivity contribution in [1.29, 1.82) is 0 Å². The highest BCUT2D eigenvalue weighted by Crippen LogP contribution is 2.68. The summed E-state index contributed by atoms with van der Waals surface area (Å²) in [6, 6.07) is 6.65. The molecule has 2 aromatic rings. The number of rotatable bonds is 4. The van der Waals surface area contributed by atoms with Crippen LogP contribution in [0.15, 0.2) is 34.1 Å². The van der Waals surface area contributed by atoms with Crippen LogP contribution in [0.2, 0.25) is 0 Å². The molecule has 1 aromatic heterocycles. The number of carbonyl (C=O) groups excluding carboxylic acids is 2. The molecule has 8 nitrogen and oxygen atoms in total. The van der Waals surface area contributed by atoms with Gasteiger partial charge < -0.3 is 14.8 Å². The number of fused-ring (bicyclic) bond motifs is 9. The second-order valence-corrected chi connectivity index (χ2v) is 11.5. The number of ether oxygens (including phenoxy) is 1. The molecule has 2 N–H and O–H groups in total. The summed E-state index contributed by atoms with van der Waals surface area (Å²) in [5.41, 5.74) is 1.05. The lowest BCUT2D eigenvalue weighted by atomic mass is 9.68. The Kier molecular flexibility index (Phi) is 4.58. The number of aromatic nitrogens is 1. The molecule has 6 rings (SSSR count). The lowest BCUT2D eigenvalue weighted by Crippen LogP contribution is -2.44. The van der Waals surface area contributed by atoms with Gasteiger partial charge >= 0.3 is 10.8 Å². The van der Waals surface area contributed by atoms with Crippen LogP contribution in [0, 0.1) is 29.6 Å². The van der Waals surface area contributed by atoms with Crippen LogP contribution in [0.1, 0.15) is 29.7 Å². The Morgan fingerprint density at radius 2 is 1.82 bits per heavy atom. The number of carbonyl (C=O) groups is 3. The van der Waals surface area contributed by atoms with E-state index in [1.807, 2.05) is 24.3 Å². The van der Waals surface area contributed by atoms with Gasteiger partial charge in [0.25, 0.3) is 0 Å². The molecule has 2 amide bonds. The maximum absolute atomic E-state index is 13.3. The zero-order chi connectivity index (χ0) is 23.2. The number of hydrogen-bond donors (Lipinski definition) is 2. The van der Waals surface area contributed by atoms with E-state index in [4.69, 9.17) is 4.74 Å². The van der Waals surface area contributed by atoms with Crippen LogP contribution >= 0.6 is 23.1 Å². The molecular weight excluding hydrogens is 464 g/mol. The predicted molar refractivity (Wildman–Crippen MR) is 120 cm³/mol. The number of carboxylic acid groups (broad SMARTS) is 1. The number of benzene rings is 1. The number of aliphatic carboxylic acids is 1. The summed E-state index contributed by atoms with van der Waals surface area (Å²) in [6.07, 6.45) is 0.774. The van der Waals surface area contributed by atoms with Gasteiger partial charge in [-0.15, -0.1) is 11.8 Å². The van der Waals surface area contributed by atoms with Crippen molar-refractivity contribution in [3.63, 3.8) is 0 Å². The van der Waals surface area contributed by atoms with Crippen LogP contribution in [0.3, 0.4) is 0 Å². The number of hydrogen-bond acceptors (Lipinski definition) is 7. The molecule has 2 aliphatic heterocycles. The van der Waals surface area contributed by atoms with E-state index < -0.39 is 23.8 Å². The number of likely N-dealkylation sites (tertiary alicyclic amines) is 1. The Morgan fingerprint density at radius 1 is 1.15 bits per heavy atom. The Hall–Kier alpha value is -2.59. The van der Waals surface area contributed by atoms with E-state index >= 15 is 0 Å². The topological polar surface area (TPSA) is 117 Å². The summed E-state index contributed by atoms with van der Waals surface area (Å²) in [4.78, 5) is 55.3. The first-order valence-electron chi connectivity index (χ1n) is 10.9. The standard InChI is InChI=1S/C23H22N2O6S2/c1-8(22(28)29)25-20(26)15-11-7-12(16(15)21(25)27)17-14(11)13(9-3-5-10(31-2)6-4-9)18-19(32-17)24-23(30)33-18/h3-6,8,11-17H,7H2,1-2H3,(H,24,30)(H,28,29)/t8-,11-,12+,13+,14+,15+,16+,17-/m1/s1. The summed E-state index contributed by atoms with van der Waals surface area (Å²) in [5.74, 6) is -2.11. The molecule has 2 bridgehead atoms. The lowest BCUT2D eigenvalue weighted by Gasteiger charge is -2.43. The molecule has 0 radical (unpaired) electrons. The zero-order valence-corrected chi connectivity index (χ0v) is 19.5. The third kappa shape index (κ3) is 2.76. The lowest BCUT2D eigenvalue weighted by molar-refractivity contribution is -0.154. The molecule has 2 aliphatic carbocycles. The average molecular weight is 487 g/mol. The van der Waals surface area contributed by atoms with Crippen LogP contribution in [0.5, 0.6) is 5.75 Å². The summed E-state index contributed by atoms with van der Waals surface area (Å²) in [7, 11) is 1.61. The Balaban J connectivity index is 1.44. The SMILES string of the molecule is COc1ccc([C@@H]2c3sc(=O)[nH]c3S[C@@H]3[C@H]4C[C@@H]([C@@H]5C(=O)N([C@H](C)C(=O)O)C(=O)[C@@H]45)[C@@H]23)cc1. The van der Waals surface area contributed by atoms with Crippen molar-refractivity contribution in [2.45, 2.75) is 35.6 Å². The second-order valence-electron chi connectivity index (χ2n) is 9.29. The molecule has 8 atom stereocenters. The number of aromatic amines is 1. The number of thiazole rings is 1. The molecule has 2 saturated carbocycles. The molecule has 3 fully saturated rings. The molecular formula is C23H22N2O6S2. The van der Waals surface area contributed by atoms with Gasteiger partial charge in [-0.3, -0.25) is 19.3 Å². The van der Waals surface area contributed by atoms with Crippen molar-refractivity contribution < 1.29 is 24.2 Å². The van der Waals surface area contributed by atoms with Gasteiger partial charge in [-0.2, -0.15) is 0 Å². The molecule has 10 heteroatoms. The van der Waals surface area contributed by atoms with Gasteiger partial charge in [0, 0.05) is 16.0 Å². The fourth-order valence-electron chi connectivity index (χ4n) is 6.72. The zero-order valence-electron chi connectivity index (χ0n) is 17.9. The van der Waals surface area contributed by atoms with Crippen LogP contribution < -0.4 is 9.61 Å². The van der Waals surface area contributed by atoms with Gasteiger partial charge in [-0.1, -0.05) is 23.5 Å². The number of H-pyrrole nitrogens is 1. The summed E-state index contributed by atoms with van der Waals surface area (Å²) in [6.45, 7) is 1.39. The van der Waals surface area contributed by atoms with Gasteiger partial charge in [0.15, 0.2) is 0 Å². The molecule has 172 valence electrons. The second kappa shape index (κ2) is 7.20. The largest absolute Gasteiger partial charge is 0.497 e. The van der Waals surface area contributed by atoms with Crippen molar-refractivity contribution in [2.24, 2.45) is 29.6 Å². The third-order valence-electron chi connectivity index (χ3n) is 7.98. The molecule has 1 aromatic carbocycles. The van der Waals surface area contributed by atoms with Crippen molar-refractivity contribution in [2.75, 3.05) is 7.11 Å². The van der Waals surface area contributed by atoms with Gasteiger partial charge in [0.2, 0.25) is 11.8 Å². The average Bonchev–Trinajstić information content (AvgIpc) is 3.52. The normalized spacial score (nSPS) is 34.7. The molecule has 0 spiro atoms. The molecule has 4 aliphatic rings. The van der Waals surface area contributed by atoms with Crippen molar-refractivity contribution in [3.8, 4) is 5.75 Å². The van der Waals surface area contributed by atoms with Gasteiger partial charge in [0.1, 0.15) is 11.8 Å². The Bertz CT molecular complexity index is 1240. The van der Waals surface area contributed by atoms with Crippen molar-refractivity contribution in [1.82, 2.24) is 9.88 Å². The van der Waals surface area contributed by atoms with E-state index in [2.05, 4.69) is 4.98 Å². The van der Waals surface area contributed by atoms with Gasteiger partial charge in [-0.25, -0.2) is 4.79 Å². The van der Waals surface area contributed by atoms with E-state index in [9.17, 15) is 24.3 Å². The highest BCUT2D eigenvalue weighted by molar-refractivity contribution is 8.00. The fraction of sp³-hybridized carbons (Fsp3) is 0.478. The minimum absolute atomic E-state index is 0.0188. The number of nitrogens with one attached hydrogen (secondary N) is 1. The number of methoxy groups -OCH3 is 1. The monoisotopic (exact) mass is 486 g/mol. The first-order chi connectivity index (χ1) is 15.8. The number of thioether (sulfide) groups is 1. The van der Waals surface area contributed by atoms with E-state index in [0.717, 1.165) is 32.5 Å². The molecule has 1 saturated heterocycles. The van der Waals surface area contributed by atoms with Crippen LogP contribution in [0.25, 0.3) is 0 Å². The molecule has 33 heavy (non-hydrogen) atoms. The van der Waals surface area contributed by atoms with E-state index in [0.29, 0.717) is 0 Å². The quantitative estimate of drug-likeness (QED) is 0.638. The number of nitrogens with zero attached hydrogens (tertiary/aromatic N) is 1. The summed E-state index contributed by atoms with van der Waals surface area (Å²) < 4.78 is 5.31. The highest BCUT2D eigenvalue weighted by Gasteiger charge is 2.70. The number of imide groups is 1. The minimum Gasteiger partial charge on any atom is -0.497 e. The smallest absolute Gasteiger partial charge is 0.326 e. The first-order valence-corrected chi connectivity index (χ1v) is 12.6. The number of carboxylic acids is 1. The van der Waals surface area contributed by atoms with Crippen LogP contribution in [-0.4, -0.2) is 51.2 Å². The van der Waals surface area contributed by atoms with Gasteiger partial charge in [0.05, 0.1) is 24.0 Å². The van der Waals surface area contributed by atoms with Gasteiger partial charge in [-0.05, 0) is 48.8 Å². The minimum atomic E-state index is -1.17. The maximum atomic E-state index is 13.3. The van der Waals surface area contributed by atoms with Crippen LogP contribution in [0.4, 0.5) is 0 Å². The molecule has 3 heterocycles. The van der Waals surface area contributed by atoms with E-state index in [1.54, 1.807) is 18.9 Å². The van der Waals surface area contributed by atoms with Crippen molar-refractivity contribution >= 4 is 40.9 Å². The van der Waals surface area contributed by atoms with E-state index in [-0.39, 0.29) is 45.6 Å². The molecule has 0 unspecified atom stereocenters. The fourth-order valence-corrected chi connectivity index (χ4v) is 9.61. The van der Waals surface area contributed by atoms with E-state index in [1.165, 1.54) is 18.3 Å². The Labute approximate surface area is 197 Å². The van der Waals surface area contributed by atoms with Crippen LogP contribution in [-0.2, 0) is 14.4 Å². The third-order valence-corrected chi connectivity index (χ3v) is 10.6. The predicted octanol–water partition coefficient (Wildman–Crippen LogP) is 2.39. The maximum Gasteiger partial charge on any atom is 0.326 e.